The molecule has 1 aliphatic rings. The fourth-order valence-corrected chi connectivity index (χ4v) is 6.02. The Labute approximate surface area is 193 Å². The number of thiazole rings is 1. The number of halogens is 2. The average molecular weight is 498 g/mol. The number of ether oxygens (including phenoxy) is 1. The largest absolute Gasteiger partial charge is 0.379 e. The lowest BCUT2D eigenvalue weighted by molar-refractivity contribution is 0.0730. The Hall–Kier alpha value is -2.01. The lowest BCUT2D eigenvalue weighted by atomic mass is 10.2. The first-order chi connectivity index (χ1) is 14.9. The van der Waals surface area contributed by atoms with E-state index in [9.17, 15) is 13.2 Å². The van der Waals surface area contributed by atoms with Crippen LogP contribution in [0.5, 0.6) is 0 Å². The maximum Gasteiger partial charge on any atom is 0.259 e. The SMILES string of the molecule is O=C(Nc1nc(-c2ccccc2)cs1)c1cc(S(=O)(=O)N2CCOCC2)c(Cl)cc1Cl. The molecule has 7 nitrogen and oxygen atoms in total. The van der Waals surface area contributed by atoms with Crippen LogP contribution in [0, 0.1) is 0 Å². The maximum atomic E-state index is 13.0. The van der Waals surface area contributed by atoms with Crippen LogP contribution in [0.15, 0.2) is 52.7 Å². The van der Waals surface area contributed by atoms with Crippen molar-refractivity contribution < 1.29 is 17.9 Å². The summed E-state index contributed by atoms with van der Waals surface area (Å²) in [5.74, 6) is -0.575. The molecule has 0 saturated carbocycles. The highest BCUT2D eigenvalue weighted by atomic mass is 35.5. The van der Waals surface area contributed by atoms with E-state index in [4.69, 9.17) is 27.9 Å². The van der Waals surface area contributed by atoms with Crippen LogP contribution in [0.3, 0.4) is 0 Å². The topological polar surface area (TPSA) is 88.6 Å². The van der Waals surface area contributed by atoms with Crippen molar-refractivity contribution in [3.63, 3.8) is 0 Å². The molecule has 1 aromatic heterocycles. The van der Waals surface area contributed by atoms with E-state index in [1.807, 2.05) is 35.7 Å². The number of anilines is 1. The van der Waals surface area contributed by atoms with E-state index in [2.05, 4.69) is 10.3 Å². The zero-order chi connectivity index (χ0) is 22.0. The zero-order valence-corrected chi connectivity index (χ0v) is 19.2. The van der Waals surface area contributed by atoms with Crippen LogP contribution >= 0.6 is 34.5 Å². The third kappa shape index (κ3) is 4.77. The standard InChI is InChI=1S/C20H17Cl2N3O4S2/c21-15-11-16(22)18(31(27,28)25-6-8-29-9-7-25)10-14(15)19(26)24-20-23-17(12-30-20)13-4-2-1-3-5-13/h1-5,10-12H,6-9H2,(H,23,24,26). The molecule has 31 heavy (non-hydrogen) atoms. The second kappa shape index (κ2) is 9.23. The summed E-state index contributed by atoms with van der Waals surface area (Å²) >= 11 is 13.6. The van der Waals surface area contributed by atoms with Crippen molar-refractivity contribution in [3.8, 4) is 11.3 Å². The Bertz CT molecular complexity index is 1210. The van der Waals surface area contributed by atoms with Crippen LogP contribution < -0.4 is 5.32 Å². The van der Waals surface area contributed by atoms with Crippen molar-refractivity contribution in [1.29, 1.82) is 0 Å². The van der Waals surface area contributed by atoms with Gasteiger partial charge in [-0.1, -0.05) is 53.5 Å². The summed E-state index contributed by atoms with van der Waals surface area (Å²) in [6.07, 6.45) is 0. The fourth-order valence-electron chi connectivity index (χ4n) is 3.06. The summed E-state index contributed by atoms with van der Waals surface area (Å²) in [7, 11) is -3.90. The van der Waals surface area contributed by atoms with Gasteiger partial charge >= 0.3 is 0 Å². The van der Waals surface area contributed by atoms with Crippen LogP contribution in [0.4, 0.5) is 5.13 Å². The van der Waals surface area contributed by atoms with E-state index in [1.165, 1.54) is 27.8 Å². The van der Waals surface area contributed by atoms with Gasteiger partial charge < -0.3 is 4.74 Å². The predicted molar refractivity (Wildman–Crippen MR) is 122 cm³/mol. The summed E-state index contributed by atoms with van der Waals surface area (Å²) in [5, 5.41) is 4.87. The highest BCUT2D eigenvalue weighted by molar-refractivity contribution is 7.89. The first kappa shape index (κ1) is 22.2. The smallest absolute Gasteiger partial charge is 0.259 e. The highest BCUT2D eigenvalue weighted by Crippen LogP contribution is 2.32. The summed E-state index contributed by atoms with van der Waals surface area (Å²) in [5.41, 5.74) is 1.63. The molecule has 0 spiro atoms. The Morgan fingerprint density at radius 3 is 2.52 bits per heavy atom. The molecule has 0 unspecified atom stereocenters. The number of carbonyl (C=O) groups excluding carboxylic acids is 1. The van der Waals surface area contributed by atoms with Crippen LogP contribution in [0.2, 0.25) is 10.0 Å². The third-order valence-corrected chi connectivity index (χ3v) is 8.08. The van der Waals surface area contributed by atoms with Gasteiger partial charge in [0, 0.05) is 24.0 Å². The molecule has 4 rings (SSSR count). The first-order valence-corrected chi connectivity index (χ1v) is 12.3. The van der Waals surface area contributed by atoms with E-state index >= 15 is 0 Å². The number of nitrogens with one attached hydrogen (secondary N) is 1. The van der Waals surface area contributed by atoms with Crippen LogP contribution in [-0.4, -0.2) is 49.9 Å². The number of sulfonamides is 1. The van der Waals surface area contributed by atoms with Crippen molar-refractivity contribution in [2.24, 2.45) is 0 Å². The number of amides is 1. The number of nitrogens with zero attached hydrogens (tertiary/aromatic N) is 2. The molecule has 162 valence electrons. The molecule has 3 aromatic rings. The average Bonchev–Trinajstić information content (AvgIpc) is 3.23. The summed E-state index contributed by atoms with van der Waals surface area (Å²) in [4.78, 5) is 17.1. The minimum absolute atomic E-state index is 0.00522. The molecule has 11 heteroatoms. The van der Waals surface area contributed by atoms with E-state index < -0.39 is 15.9 Å². The number of morpholine rings is 1. The molecule has 1 saturated heterocycles. The van der Waals surface area contributed by atoms with E-state index in [0.29, 0.717) is 18.3 Å². The Morgan fingerprint density at radius 1 is 1.10 bits per heavy atom. The predicted octanol–water partition coefficient (Wildman–Crippen LogP) is 4.39. The van der Waals surface area contributed by atoms with Crippen LogP contribution in [0.1, 0.15) is 10.4 Å². The summed E-state index contributed by atoms with van der Waals surface area (Å²) < 4.78 is 32.5. The van der Waals surface area contributed by atoms with Gasteiger partial charge in [0.15, 0.2) is 5.13 Å². The molecule has 0 radical (unpaired) electrons. The van der Waals surface area contributed by atoms with Gasteiger partial charge in [-0.05, 0) is 12.1 Å². The van der Waals surface area contributed by atoms with Crippen molar-refractivity contribution in [3.05, 3.63) is 63.5 Å². The second-order valence-corrected chi connectivity index (χ2v) is 10.2. The number of benzene rings is 2. The van der Waals surface area contributed by atoms with E-state index in [1.54, 1.807) is 0 Å². The van der Waals surface area contributed by atoms with Gasteiger partial charge in [-0.25, -0.2) is 13.4 Å². The monoisotopic (exact) mass is 497 g/mol. The molecule has 1 aliphatic heterocycles. The Balaban J connectivity index is 1.60. The van der Waals surface area contributed by atoms with E-state index in [-0.39, 0.29) is 33.6 Å². The van der Waals surface area contributed by atoms with Gasteiger partial charge in [0.1, 0.15) is 4.90 Å². The minimum Gasteiger partial charge on any atom is -0.379 e. The Kier molecular flexibility index (Phi) is 6.61. The van der Waals surface area contributed by atoms with Crippen molar-refractivity contribution in [2.45, 2.75) is 4.90 Å². The second-order valence-electron chi connectivity index (χ2n) is 6.64. The number of rotatable bonds is 5. The number of hydrogen-bond acceptors (Lipinski definition) is 6. The molecule has 2 aromatic carbocycles. The molecule has 0 aliphatic carbocycles. The van der Waals surface area contributed by atoms with Gasteiger partial charge in [-0.15, -0.1) is 11.3 Å². The number of hydrogen-bond donors (Lipinski definition) is 1. The third-order valence-electron chi connectivity index (χ3n) is 4.65. The minimum atomic E-state index is -3.90. The molecule has 0 atom stereocenters. The Morgan fingerprint density at radius 2 is 1.81 bits per heavy atom. The fraction of sp³-hybridized carbons (Fsp3) is 0.200. The van der Waals surface area contributed by atoms with Crippen molar-refractivity contribution in [1.82, 2.24) is 9.29 Å². The highest BCUT2D eigenvalue weighted by Gasteiger charge is 2.30. The van der Waals surface area contributed by atoms with Gasteiger partial charge in [-0.3, -0.25) is 10.1 Å². The van der Waals surface area contributed by atoms with Gasteiger partial charge in [0.05, 0.1) is 34.5 Å². The summed E-state index contributed by atoms with van der Waals surface area (Å²) in [6.45, 7) is 1.02. The quantitative estimate of drug-likeness (QED) is 0.564. The van der Waals surface area contributed by atoms with Gasteiger partial charge in [0.25, 0.3) is 5.91 Å². The molecule has 1 amide bonds. The lowest BCUT2D eigenvalue weighted by Gasteiger charge is -2.26. The molecular formula is C20H17Cl2N3O4S2. The first-order valence-electron chi connectivity index (χ1n) is 9.25. The molecular weight excluding hydrogens is 481 g/mol. The number of carbonyl (C=O) groups is 1. The lowest BCUT2D eigenvalue weighted by Crippen LogP contribution is -2.40. The van der Waals surface area contributed by atoms with Gasteiger partial charge in [0.2, 0.25) is 10.0 Å². The van der Waals surface area contributed by atoms with Gasteiger partial charge in [-0.2, -0.15) is 4.31 Å². The molecule has 1 fully saturated rings. The van der Waals surface area contributed by atoms with Crippen LogP contribution in [0.25, 0.3) is 11.3 Å². The van der Waals surface area contributed by atoms with Crippen molar-refractivity contribution in [2.75, 3.05) is 31.6 Å². The van der Waals surface area contributed by atoms with Crippen LogP contribution in [-0.2, 0) is 14.8 Å². The molecule has 1 N–H and O–H groups in total. The van der Waals surface area contributed by atoms with Crippen molar-refractivity contribution >= 4 is 55.6 Å². The summed E-state index contributed by atoms with van der Waals surface area (Å²) in [6, 6.07) is 12.0. The number of aromatic nitrogens is 1. The molecule has 0 bridgehead atoms. The normalized spacial score (nSPS) is 15.0. The van der Waals surface area contributed by atoms with E-state index in [0.717, 1.165) is 11.3 Å². The maximum absolute atomic E-state index is 13.0. The molecule has 2 heterocycles. The zero-order valence-electron chi connectivity index (χ0n) is 16.0.